The van der Waals surface area contributed by atoms with Crippen LogP contribution < -0.4 is 10.1 Å². The van der Waals surface area contributed by atoms with E-state index in [0.717, 1.165) is 30.6 Å². The van der Waals surface area contributed by atoms with Crippen molar-refractivity contribution in [2.75, 3.05) is 14.2 Å². The molecule has 0 unspecified atom stereocenters. The van der Waals surface area contributed by atoms with E-state index in [-0.39, 0.29) is 11.3 Å². The topological polar surface area (TPSA) is 64.6 Å². The Balaban J connectivity index is 1.52. The average Bonchev–Trinajstić information content (AvgIpc) is 2.66. The predicted octanol–water partition coefficient (Wildman–Crippen LogP) is 3.11. The quantitative estimate of drug-likeness (QED) is 0.781. The SMILES string of the molecule is COC(=O)[C@H](Cc1ccccc1OC)NC(=O)C12CC3CC(CC(C3)C1)C2. The number of methoxy groups -OCH3 is 2. The molecule has 4 aliphatic rings. The first kappa shape index (κ1) is 18.3. The molecule has 4 fully saturated rings. The number of rotatable bonds is 6. The van der Waals surface area contributed by atoms with E-state index in [1.54, 1.807) is 7.11 Å². The van der Waals surface area contributed by atoms with E-state index < -0.39 is 12.0 Å². The second-order valence-electron chi connectivity index (χ2n) is 8.76. The molecule has 0 aromatic heterocycles. The fourth-order valence-corrected chi connectivity index (χ4v) is 6.13. The number of para-hydroxylation sites is 1. The maximum Gasteiger partial charge on any atom is 0.328 e. The Morgan fingerprint density at radius 3 is 2.22 bits per heavy atom. The molecule has 5 rings (SSSR count). The van der Waals surface area contributed by atoms with Gasteiger partial charge in [0.15, 0.2) is 0 Å². The predicted molar refractivity (Wildman–Crippen MR) is 101 cm³/mol. The molecule has 146 valence electrons. The molecular weight excluding hydrogens is 342 g/mol. The minimum absolute atomic E-state index is 0.0481. The Morgan fingerprint density at radius 1 is 1.07 bits per heavy atom. The largest absolute Gasteiger partial charge is 0.496 e. The van der Waals surface area contributed by atoms with Crippen LogP contribution in [0.2, 0.25) is 0 Å². The monoisotopic (exact) mass is 371 g/mol. The van der Waals surface area contributed by atoms with Crippen LogP contribution in [0.1, 0.15) is 44.1 Å². The van der Waals surface area contributed by atoms with E-state index in [4.69, 9.17) is 9.47 Å². The van der Waals surface area contributed by atoms with Crippen LogP contribution in [0.5, 0.6) is 5.75 Å². The fourth-order valence-electron chi connectivity index (χ4n) is 6.13. The lowest BCUT2D eigenvalue weighted by atomic mass is 9.49. The minimum atomic E-state index is -0.688. The standard InChI is InChI=1S/C22H29NO4/c1-26-19-6-4-3-5-17(19)10-18(20(24)27-2)23-21(25)22-11-14-7-15(12-22)9-16(8-14)13-22/h3-6,14-16,18H,7-13H2,1-2H3,(H,23,25)/t14?,15?,16?,18-,22?/m0/s1. The van der Waals surface area contributed by atoms with Crippen LogP contribution in [0, 0.1) is 23.2 Å². The number of esters is 1. The van der Waals surface area contributed by atoms with Crippen LogP contribution in [0.25, 0.3) is 0 Å². The summed E-state index contributed by atoms with van der Waals surface area (Å²) >= 11 is 0. The molecule has 5 nitrogen and oxygen atoms in total. The third-order valence-corrected chi connectivity index (χ3v) is 6.93. The van der Waals surface area contributed by atoms with Gasteiger partial charge in [0.25, 0.3) is 0 Å². The molecule has 4 aliphatic carbocycles. The van der Waals surface area contributed by atoms with Gasteiger partial charge in [-0.1, -0.05) is 18.2 Å². The number of hydrogen-bond donors (Lipinski definition) is 1. The van der Waals surface area contributed by atoms with Crippen molar-refractivity contribution in [3.8, 4) is 5.75 Å². The summed E-state index contributed by atoms with van der Waals surface area (Å²) in [5.74, 6) is 2.43. The summed E-state index contributed by atoms with van der Waals surface area (Å²) in [5, 5.41) is 3.06. The number of ether oxygens (including phenoxy) is 2. The van der Waals surface area contributed by atoms with E-state index in [2.05, 4.69) is 5.32 Å². The molecule has 1 N–H and O–H groups in total. The number of hydrogen-bond acceptors (Lipinski definition) is 4. The summed E-state index contributed by atoms with van der Waals surface area (Å²) in [6, 6.07) is 6.90. The molecule has 1 aromatic carbocycles. The van der Waals surface area contributed by atoms with E-state index in [9.17, 15) is 9.59 Å². The molecule has 5 heteroatoms. The highest BCUT2D eigenvalue weighted by molar-refractivity contribution is 5.88. The van der Waals surface area contributed by atoms with Gasteiger partial charge < -0.3 is 14.8 Å². The first-order valence-corrected chi connectivity index (χ1v) is 10.0. The van der Waals surface area contributed by atoms with Gasteiger partial charge in [0.05, 0.1) is 14.2 Å². The van der Waals surface area contributed by atoms with Crippen LogP contribution in [-0.2, 0) is 20.7 Å². The van der Waals surface area contributed by atoms with Gasteiger partial charge in [-0.05, 0) is 67.9 Å². The van der Waals surface area contributed by atoms with Crippen molar-refractivity contribution in [1.29, 1.82) is 0 Å². The summed E-state index contributed by atoms with van der Waals surface area (Å²) in [4.78, 5) is 25.7. The highest BCUT2D eigenvalue weighted by atomic mass is 16.5. The van der Waals surface area contributed by atoms with Gasteiger partial charge in [0.2, 0.25) is 5.91 Å². The number of carbonyl (C=O) groups excluding carboxylic acids is 2. The molecule has 4 bridgehead atoms. The van der Waals surface area contributed by atoms with Crippen molar-refractivity contribution in [1.82, 2.24) is 5.32 Å². The maximum atomic E-state index is 13.3. The van der Waals surface area contributed by atoms with E-state index in [1.807, 2.05) is 24.3 Å². The van der Waals surface area contributed by atoms with Gasteiger partial charge >= 0.3 is 5.97 Å². The lowest BCUT2D eigenvalue weighted by molar-refractivity contribution is -0.152. The Hall–Kier alpha value is -2.04. The molecule has 0 spiro atoms. The maximum absolute atomic E-state index is 13.3. The van der Waals surface area contributed by atoms with E-state index in [0.29, 0.717) is 24.2 Å². The van der Waals surface area contributed by atoms with Crippen molar-refractivity contribution in [2.24, 2.45) is 23.2 Å². The van der Waals surface area contributed by atoms with Crippen LogP contribution >= 0.6 is 0 Å². The molecule has 0 saturated heterocycles. The molecule has 0 aliphatic heterocycles. The molecule has 27 heavy (non-hydrogen) atoms. The summed E-state index contributed by atoms with van der Waals surface area (Å²) in [5.41, 5.74) is 0.614. The number of nitrogens with one attached hydrogen (secondary N) is 1. The zero-order chi connectivity index (χ0) is 19.0. The molecule has 4 saturated carbocycles. The van der Waals surface area contributed by atoms with E-state index in [1.165, 1.54) is 26.4 Å². The fraction of sp³-hybridized carbons (Fsp3) is 0.636. The molecule has 1 aromatic rings. The zero-order valence-electron chi connectivity index (χ0n) is 16.2. The number of amides is 1. The van der Waals surface area contributed by atoms with Gasteiger partial charge in [-0.3, -0.25) is 4.79 Å². The molecule has 0 radical (unpaired) electrons. The minimum Gasteiger partial charge on any atom is -0.496 e. The van der Waals surface area contributed by atoms with Gasteiger partial charge in [-0.15, -0.1) is 0 Å². The van der Waals surface area contributed by atoms with Crippen LogP contribution in [0.15, 0.2) is 24.3 Å². The Kier molecular flexibility index (Phi) is 4.87. The van der Waals surface area contributed by atoms with Crippen molar-refractivity contribution < 1.29 is 19.1 Å². The lowest BCUT2D eigenvalue weighted by Crippen LogP contribution is -2.56. The highest BCUT2D eigenvalue weighted by Crippen LogP contribution is 2.60. The van der Waals surface area contributed by atoms with Crippen LogP contribution in [-0.4, -0.2) is 32.1 Å². The van der Waals surface area contributed by atoms with Gasteiger partial charge in [0.1, 0.15) is 11.8 Å². The van der Waals surface area contributed by atoms with Gasteiger partial charge in [-0.25, -0.2) is 4.79 Å². The van der Waals surface area contributed by atoms with Crippen LogP contribution in [0.3, 0.4) is 0 Å². The summed E-state index contributed by atoms with van der Waals surface area (Å²) in [6.45, 7) is 0. The van der Waals surface area contributed by atoms with Crippen LogP contribution in [0.4, 0.5) is 0 Å². The number of carbonyl (C=O) groups is 2. The Morgan fingerprint density at radius 2 is 1.67 bits per heavy atom. The third-order valence-electron chi connectivity index (χ3n) is 6.93. The first-order chi connectivity index (χ1) is 13.0. The van der Waals surface area contributed by atoms with E-state index >= 15 is 0 Å². The highest BCUT2D eigenvalue weighted by Gasteiger charge is 2.55. The van der Waals surface area contributed by atoms with Gasteiger partial charge in [-0.2, -0.15) is 0 Å². The molecule has 0 heterocycles. The Labute approximate surface area is 160 Å². The first-order valence-electron chi connectivity index (χ1n) is 10.0. The van der Waals surface area contributed by atoms with Crippen molar-refractivity contribution in [3.05, 3.63) is 29.8 Å². The summed E-state index contributed by atoms with van der Waals surface area (Å²) in [6.07, 6.45) is 7.17. The normalized spacial score (nSPS) is 32.0. The molecule has 1 amide bonds. The lowest BCUT2D eigenvalue weighted by Gasteiger charge is -2.55. The second kappa shape index (κ2) is 7.17. The second-order valence-corrected chi connectivity index (χ2v) is 8.76. The molecule has 1 atom stereocenters. The third kappa shape index (κ3) is 3.44. The number of benzene rings is 1. The molecular formula is C22H29NO4. The van der Waals surface area contributed by atoms with Crippen molar-refractivity contribution >= 4 is 11.9 Å². The van der Waals surface area contributed by atoms with Crippen molar-refractivity contribution in [2.45, 2.75) is 51.0 Å². The smallest absolute Gasteiger partial charge is 0.328 e. The summed E-state index contributed by atoms with van der Waals surface area (Å²) in [7, 11) is 2.98. The average molecular weight is 371 g/mol. The van der Waals surface area contributed by atoms with Crippen molar-refractivity contribution in [3.63, 3.8) is 0 Å². The summed E-state index contributed by atoms with van der Waals surface area (Å²) < 4.78 is 10.4. The zero-order valence-corrected chi connectivity index (χ0v) is 16.2. The van der Waals surface area contributed by atoms with Gasteiger partial charge in [0, 0.05) is 11.8 Å². The Bertz CT molecular complexity index is 693.